The van der Waals surface area contributed by atoms with E-state index in [4.69, 9.17) is 4.74 Å². The Bertz CT molecular complexity index is 828. The normalized spacial score (nSPS) is 28.2. The number of hydrogen-bond donors (Lipinski definition) is 1. The number of cyclic esters (lactones) is 2. The zero-order valence-electron chi connectivity index (χ0n) is 13.0. The Balaban J connectivity index is 2.11. The Morgan fingerprint density at radius 1 is 1.00 bits per heavy atom. The number of carbonyl (C=O) groups excluding carboxylic acids is 2. The topological polar surface area (TPSA) is 55.4 Å². The van der Waals surface area contributed by atoms with Gasteiger partial charge in [0, 0.05) is 16.7 Å². The van der Waals surface area contributed by atoms with Crippen LogP contribution in [0.2, 0.25) is 0 Å². The van der Waals surface area contributed by atoms with Crippen molar-refractivity contribution < 1.29 is 14.3 Å². The first-order valence-corrected chi connectivity index (χ1v) is 7.39. The Kier molecular flexibility index (Phi) is 2.23. The minimum atomic E-state index is -0.556. The molecule has 0 radical (unpaired) electrons. The summed E-state index contributed by atoms with van der Waals surface area (Å²) >= 11 is 0. The van der Waals surface area contributed by atoms with E-state index in [1.54, 1.807) is 0 Å². The summed E-state index contributed by atoms with van der Waals surface area (Å²) in [6, 6.07) is 8.05. The lowest BCUT2D eigenvalue weighted by Crippen LogP contribution is -2.51. The zero-order valence-corrected chi connectivity index (χ0v) is 13.0. The number of esters is 2. The molecule has 1 aromatic rings. The molecule has 3 aliphatic rings. The van der Waals surface area contributed by atoms with Crippen molar-refractivity contribution in [1.29, 1.82) is 0 Å². The molecule has 0 fully saturated rings. The number of hydrogen-bond acceptors (Lipinski definition) is 4. The number of anilines is 1. The number of fused-ring (bicyclic) bond motifs is 3. The monoisotopic (exact) mass is 295 g/mol. The minimum Gasteiger partial charge on any atom is -0.386 e. The van der Waals surface area contributed by atoms with Crippen LogP contribution in [0.4, 0.5) is 5.69 Å². The van der Waals surface area contributed by atoms with Crippen molar-refractivity contribution in [2.75, 3.05) is 5.32 Å². The lowest BCUT2D eigenvalue weighted by atomic mass is 9.59. The van der Waals surface area contributed by atoms with Crippen LogP contribution in [-0.4, -0.2) is 17.5 Å². The van der Waals surface area contributed by atoms with E-state index in [1.165, 1.54) is 0 Å². The molecule has 4 heteroatoms. The Morgan fingerprint density at radius 3 is 2.41 bits per heavy atom. The van der Waals surface area contributed by atoms with Crippen molar-refractivity contribution in [3.8, 4) is 0 Å². The second-order valence-corrected chi connectivity index (χ2v) is 6.85. The quantitative estimate of drug-likeness (QED) is 0.590. The maximum Gasteiger partial charge on any atom is 0.346 e. The Morgan fingerprint density at radius 2 is 1.68 bits per heavy atom. The van der Waals surface area contributed by atoms with Gasteiger partial charge in [0.1, 0.15) is 0 Å². The molecule has 0 saturated carbocycles. The maximum atomic E-state index is 12.2. The number of benzene rings is 1. The van der Waals surface area contributed by atoms with Gasteiger partial charge in [-0.2, -0.15) is 0 Å². The van der Waals surface area contributed by atoms with Gasteiger partial charge in [0.15, 0.2) is 0 Å². The van der Waals surface area contributed by atoms with Crippen molar-refractivity contribution in [2.45, 2.75) is 33.2 Å². The van der Waals surface area contributed by atoms with Crippen LogP contribution in [0, 0.1) is 5.41 Å². The highest BCUT2D eigenvalue weighted by Crippen LogP contribution is 2.60. The molecular formula is C18H17NO3. The third-order valence-electron chi connectivity index (χ3n) is 5.55. The molecule has 1 N–H and O–H groups in total. The van der Waals surface area contributed by atoms with Gasteiger partial charge < -0.3 is 10.1 Å². The van der Waals surface area contributed by atoms with Gasteiger partial charge in [-0.3, -0.25) is 0 Å². The van der Waals surface area contributed by atoms with E-state index in [1.807, 2.05) is 39.0 Å². The van der Waals surface area contributed by atoms with Gasteiger partial charge >= 0.3 is 11.9 Å². The summed E-state index contributed by atoms with van der Waals surface area (Å²) in [5.74, 6) is -1.04. The fourth-order valence-electron chi connectivity index (χ4n) is 4.13. The van der Waals surface area contributed by atoms with E-state index in [2.05, 4.69) is 18.3 Å². The van der Waals surface area contributed by atoms with Crippen molar-refractivity contribution in [1.82, 2.24) is 0 Å². The van der Waals surface area contributed by atoms with Crippen LogP contribution < -0.4 is 5.32 Å². The van der Waals surface area contributed by atoms with Crippen LogP contribution in [-0.2, 0) is 14.3 Å². The molecule has 0 amide bonds. The molecule has 0 spiro atoms. The van der Waals surface area contributed by atoms with Gasteiger partial charge in [0.05, 0.1) is 16.7 Å². The Hall–Kier alpha value is -2.36. The summed E-state index contributed by atoms with van der Waals surface area (Å²) in [5.41, 5.74) is 3.97. The third kappa shape index (κ3) is 1.24. The van der Waals surface area contributed by atoms with Gasteiger partial charge in [-0.15, -0.1) is 0 Å². The number of nitrogens with one attached hydrogen (secondary N) is 1. The van der Waals surface area contributed by atoms with Gasteiger partial charge in [-0.25, -0.2) is 9.59 Å². The standard InChI is InChI=1S/C18H17NO3/c1-9-12-14(16(21)22-15(12)20)17(2,3)18(4)13(9)10-7-5-6-8-11(10)19-18/h5-8,19H,1-4H3. The van der Waals surface area contributed by atoms with Crippen LogP contribution in [0.1, 0.15) is 33.3 Å². The number of carbonyl (C=O) groups is 2. The Labute approximate surface area is 128 Å². The van der Waals surface area contributed by atoms with Gasteiger partial charge in [0.25, 0.3) is 0 Å². The number of rotatable bonds is 0. The first-order valence-electron chi connectivity index (χ1n) is 7.39. The molecule has 4 nitrogen and oxygen atoms in total. The van der Waals surface area contributed by atoms with Crippen LogP contribution in [0.25, 0.3) is 5.57 Å². The molecular weight excluding hydrogens is 278 g/mol. The van der Waals surface area contributed by atoms with Crippen LogP contribution in [0.5, 0.6) is 0 Å². The summed E-state index contributed by atoms with van der Waals surface area (Å²) < 4.78 is 4.90. The van der Waals surface area contributed by atoms with Gasteiger partial charge in [-0.1, -0.05) is 32.0 Å². The summed E-state index contributed by atoms with van der Waals surface area (Å²) in [6.45, 7) is 7.98. The largest absolute Gasteiger partial charge is 0.386 e. The highest BCUT2D eigenvalue weighted by Gasteiger charge is 2.59. The molecule has 1 aliphatic carbocycles. The second kappa shape index (κ2) is 3.69. The number of para-hydroxylation sites is 1. The van der Waals surface area contributed by atoms with Gasteiger partial charge in [-0.05, 0) is 31.1 Å². The summed E-state index contributed by atoms with van der Waals surface area (Å²) in [5, 5.41) is 3.57. The van der Waals surface area contributed by atoms with Gasteiger partial charge in [0.2, 0.25) is 0 Å². The lowest BCUT2D eigenvalue weighted by Gasteiger charge is -2.46. The highest BCUT2D eigenvalue weighted by molar-refractivity contribution is 6.19. The molecule has 0 bridgehead atoms. The van der Waals surface area contributed by atoms with E-state index in [0.29, 0.717) is 11.1 Å². The highest BCUT2D eigenvalue weighted by atomic mass is 16.6. The maximum absolute atomic E-state index is 12.2. The molecule has 4 rings (SSSR count). The zero-order chi connectivity index (χ0) is 15.9. The third-order valence-corrected chi connectivity index (χ3v) is 5.55. The molecule has 1 atom stereocenters. The first-order chi connectivity index (χ1) is 10.3. The van der Waals surface area contributed by atoms with Crippen LogP contribution in [0.3, 0.4) is 0 Å². The molecule has 0 saturated heterocycles. The molecule has 112 valence electrons. The molecule has 0 aromatic heterocycles. The van der Waals surface area contributed by atoms with E-state index in [9.17, 15) is 9.59 Å². The van der Waals surface area contributed by atoms with Crippen LogP contribution in [0.15, 0.2) is 41.0 Å². The van der Waals surface area contributed by atoms with Crippen molar-refractivity contribution in [3.63, 3.8) is 0 Å². The predicted octanol–water partition coefficient (Wildman–Crippen LogP) is 3.06. The lowest BCUT2D eigenvalue weighted by molar-refractivity contribution is -0.151. The average Bonchev–Trinajstić information content (AvgIpc) is 2.92. The molecule has 22 heavy (non-hydrogen) atoms. The second-order valence-electron chi connectivity index (χ2n) is 6.85. The van der Waals surface area contributed by atoms with Crippen molar-refractivity contribution in [3.05, 3.63) is 46.5 Å². The van der Waals surface area contributed by atoms with Crippen LogP contribution >= 0.6 is 0 Å². The van der Waals surface area contributed by atoms with E-state index >= 15 is 0 Å². The number of ether oxygens (including phenoxy) is 1. The summed E-state index contributed by atoms with van der Waals surface area (Å²) in [4.78, 5) is 24.4. The smallest absolute Gasteiger partial charge is 0.346 e. The molecule has 1 unspecified atom stereocenters. The fourth-order valence-corrected chi connectivity index (χ4v) is 4.13. The average molecular weight is 295 g/mol. The predicted molar refractivity (Wildman–Crippen MR) is 83.0 cm³/mol. The molecule has 2 heterocycles. The van der Waals surface area contributed by atoms with E-state index < -0.39 is 22.9 Å². The SMILES string of the molecule is CC1=C2c3ccccc3NC2(C)C(C)(C)C2=C1C(=O)OC2=O. The van der Waals surface area contributed by atoms with Crippen molar-refractivity contribution >= 4 is 23.2 Å². The summed E-state index contributed by atoms with van der Waals surface area (Å²) in [6.07, 6.45) is 0. The molecule has 1 aromatic carbocycles. The first kappa shape index (κ1) is 13.3. The fraction of sp³-hybridized carbons (Fsp3) is 0.333. The van der Waals surface area contributed by atoms with Crippen molar-refractivity contribution in [2.24, 2.45) is 5.41 Å². The molecule has 2 aliphatic heterocycles. The summed E-state index contributed by atoms with van der Waals surface area (Å²) in [7, 11) is 0. The van der Waals surface area contributed by atoms with E-state index in [0.717, 1.165) is 22.4 Å². The van der Waals surface area contributed by atoms with E-state index in [-0.39, 0.29) is 0 Å². The minimum absolute atomic E-state index is 0.445.